The summed E-state index contributed by atoms with van der Waals surface area (Å²) in [7, 11) is 3.43. The van der Waals surface area contributed by atoms with Gasteiger partial charge in [0.25, 0.3) is 5.91 Å². The molecule has 0 spiro atoms. The highest BCUT2D eigenvalue weighted by Crippen LogP contribution is 2.21. The molecule has 5 heteroatoms. The van der Waals surface area contributed by atoms with Gasteiger partial charge in [-0.05, 0) is 49.7 Å². The number of rotatable bonds is 6. The van der Waals surface area contributed by atoms with Crippen LogP contribution in [0.2, 0.25) is 0 Å². The molecule has 28 heavy (non-hydrogen) atoms. The summed E-state index contributed by atoms with van der Waals surface area (Å²) in [5.41, 5.74) is 4.57. The van der Waals surface area contributed by atoms with Crippen molar-refractivity contribution in [1.82, 2.24) is 14.9 Å². The maximum atomic E-state index is 12.9. The fourth-order valence-electron chi connectivity index (χ4n) is 3.03. The number of ether oxygens (including phenoxy) is 1. The molecule has 2 heterocycles. The van der Waals surface area contributed by atoms with E-state index in [0.29, 0.717) is 11.4 Å². The molecule has 0 radical (unpaired) electrons. The van der Waals surface area contributed by atoms with Crippen molar-refractivity contribution in [2.45, 2.75) is 26.3 Å². The van der Waals surface area contributed by atoms with Crippen molar-refractivity contribution in [3.8, 4) is 17.1 Å². The van der Waals surface area contributed by atoms with Crippen LogP contribution >= 0.6 is 0 Å². The van der Waals surface area contributed by atoms with Crippen molar-refractivity contribution in [1.29, 1.82) is 0 Å². The third-order valence-corrected chi connectivity index (χ3v) is 4.82. The first-order valence-electron chi connectivity index (χ1n) is 9.28. The average molecular weight is 375 g/mol. The van der Waals surface area contributed by atoms with Crippen molar-refractivity contribution in [2.24, 2.45) is 0 Å². The second kappa shape index (κ2) is 8.65. The van der Waals surface area contributed by atoms with Gasteiger partial charge in [0.05, 0.1) is 12.8 Å². The van der Waals surface area contributed by atoms with Crippen molar-refractivity contribution >= 4 is 5.91 Å². The zero-order valence-electron chi connectivity index (χ0n) is 16.7. The molecule has 0 aliphatic rings. The third-order valence-electron chi connectivity index (χ3n) is 4.82. The number of carbonyl (C=O) groups is 1. The number of benzene rings is 1. The van der Waals surface area contributed by atoms with Crippen molar-refractivity contribution in [2.75, 3.05) is 14.2 Å². The van der Waals surface area contributed by atoms with Crippen LogP contribution in [0, 0.1) is 6.92 Å². The molecule has 0 aliphatic heterocycles. The minimum Gasteiger partial charge on any atom is -0.481 e. The summed E-state index contributed by atoms with van der Waals surface area (Å²) in [5, 5.41) is 0. The van der Waals surface area contributed by atoms with Crippen LogP contribution in [0.3, 0.4) is 0 Å². The Balaban J connectivity index is 1.71. The van der Waals surface area contributed by atoms with Crippen LogP contribution in [0.25, 0.3) is 11.3 Å². The average Bonchev–Trinajstić information content (AvgIpc) is 2.73. The fraction of sp³-hybridized carbons (Fsp3) is 0.261. The van der Waals surface area contributed by atoms with E-state index < -0.39 is 0 Å². The number of likely N-dealkylation sites (N-methyl/N-ethyl adjacent to an activating group) is 1. The Bertz CT molecular complexity index is 954. The first-order chi connectivity index (χ1) is 13.5. The predicted molar refractivity (Wildman–Crippen MR) is 110 cm³/mol. The molecule has 0 N–H and O–H groups in total. The number of amides is 1. The van der Waals surface area contributed by atoms with Crippen LogP contribution in [-0.2, 0) is 6.42 Å². The Labute approximate surface area is 166 Å². The van der Waals surface area contributed by atoms with Gasteiger partial charge in [0.15, 0.2) is 0 Å². The van der Waals surface area contributed by atoms with E-state index in [1.807, 2.05) is 69.6 Å². The number of nitrogens with zero attached hydrogens (tertiary/aromatic N) is 3. The molecule has 1 atom stereocenters. The molecule has 0 bridgehead atoms. The van der Waals surface area contributed by atoms with Gasteiger partial charge in [-0.3, -0.25) is 9.78 Å². The number of aryl methyl sites for hydroxylation is 1. The van der Waals surface area contributed by atoms with Crippen molar-refractivity contribution in [3.63, 3.8) is 0 Å². The molecule has 0 fully saturated rings. The maximum absolute atomic E-state index is 12.9. The van der Waals surface area contributed by atoms with E-state index in [-0.39, 0.29) is 11.9 Å². The first-order valence-corrected chi connectivity index (χ1v) is 9.28. The molecular weight excluding hydrogens is 350 g/mol. The van der Waals surface area contributed by atoms with E-state index in [9.17, 15) is 4.79 Å². The summed E-state index contributed by atoms with van der Waals surface area (Å²) in [4.78, 5) is 23.5. The maximum Gasteiger partial charge on any atom is 0.253 e. The van der Waals surface area contributed by atoms with Crippen molar-refractivity contribution < 1.29 is 9.53 Å². The highest BCUT2D eigenvalue weighted by Gasteiger charge is 2.18. The molecule has 144 valence electrons. The molecule has 0 aliphatic carbocycles. The quantitative estimate of drug-likeness (QED) is 0.649. The number of hydrogen-bond donors (Lipinski definition) is 0. The molecule has 5 nitrogen and oxygen atoms in total. The summed E-state index contributed by atoms with van der Waals surface area (Å²) in [6.07, 6.45) is 2.53. The minimum absolute atomic E-state index is 0.00898. The minimum atomic E-state index is -0.00898. The number of carbonyl (C=O) groups excluding carboxylic acids is 1. The number of pyridine rings is 2. The van der Waals surface area contributed by atoms with Gasteiger partial charge in [-0.25, -0.2) is 4.98 Å². The third kappa shape index (κ3) is 4.55. The summed E-state index contributed by atoms with van der Waals surface area (Å²) in [5.74, 6) is 0.557. The van der Waals surface area contributed by atoms with E-state index in [4.69, 9.17) is 4.74 Å². The van der Waals surface area contributed by atoms with E-state index in [2.05, 4.69) is 16.0 Å². The van der Waals surface area contributed by atoms with Gasteiger partial charge in [-0.1, -0.05) is 18.2 Å². The highest BCUT2D eigenvalue weighted by atomic mass is 16.5. The smallest absolute Gasteiger partial charge is 0.253 e. The Kier molecular flexibility index (Phi) is 6.04. The predicted octanol–water partition coefficient (Wildman–Crippen LogP) is 4.16. The number of methoxy groups -OCH3 is 1. The monoisotopic (exact) mass is 375 g/mol. The van der Waals surface area contributed by atoms with Gasteiger partial charge in [0.2, 0.25) is 5.88 Å². The van der Waals surface area contributed by atoms with Gasteiger partial charge in [-0.2, -0.15) is 0 Å². The standard InChI is InChI=1S/C23H25N3O2/c1-16-12-13-24-20(14-16)15-17(2)26(3)23(27)19-10-8-18(9-11-19)21-6-5-7-22(25-21)28-4/h5-14,17H,15H2,1-4H3. The molecule has 1 aromatic carbocycles. The Morgan fingerprint density at radius 3 is 2.57 bits per heavy atom. The fourth-order valence-corrected chi connectivity index (χ4v) is 3.03. The highest BCUT2D eigenvalue weighted by molar-refractivity contribution is 5.94. The van der Waals surface area contributed by atoms with E-state index >= 15 is 0 Å². The zero-order chi connectivity index (χ0) is 20.1. The van der Waals surface area contributed by atoms with Gasteiger partial charge in [0.1, 0.15) is 0 Å². The number of aromatic nitrogens is 2. The van der Waals surface area contributed by atoms with E-state index in [1.165, 1.54) is 5.56 Å². The molecule has 1 unspecified atom stereocenters. The normalized spacial score (nSPS) is 11.7. The molecule has 0 saturated carbocycles. The topological polar surface area (TPSA) is 55.3 Å². The first kappa shape index (κ1) is 19.5. The molecule has 3 aromatic rings. The Hall–Kier alpha value is -3.21. The van der Waals surface area contributed by atoms with Gasteiger partial charge in [-0.15, -0.1) is 0 Å². The van der Waals surface area contributed by atoms with Gasteiger partial charge < -0.3 is 9.64 Å². The largest absolute Gasteiger partial charge is 0.481 e. The number of hydrogen-bond acceptors (Lipinski definition) is 4. The summed E-state index contributed by atoms with van der Waals surface area (Å²) in [6.45, 7) is 4.08. The lowest BCUT2D eigenvalue weighted by Gasteiger charge is -2.25. The second-order valence-electron chi connectivity index (χ2n) is 6.94. The van der Waals surface area contributed by atoms with Crippen LogP contribution in [0.1, 0.15) is 28.5 Å². The Morgan fingerprint density at radius 2 is 1.89 bits per heavy atom. The molecule has 3 rings (SSSR count). The van der Waals surface area contributed by atoms with E-state index in [1.54, 1.807) is 18.1 Å². The Morgan fingerprint density at radius 1 is 1.14 bits per heavy atom. The summed E-state index contributed by atoms with van der Waals surface area (Å²) < 4.78 is 5.18. The molecule has 1 amide bonds. The van der Waals surface area contributed by atoms with Gasteiger partial charge in [0, 0.05) is 48.6 Å². The van der Waals surface area contributed by atoms with Crippen LogP contribution in [0.5, 0.6) is 5.88 Å². The molecule has 0 saturated heterocycles. The van der Waals surface area contributed by atoms with Crippen LogP contribution in [0.15, 0.2) is 60.8 Å². The molecular formula is C23H25N3O2. The summed E-state index contributed by atoms with van der Waals surface area (Å²) in [6, 6.07) is 17.2. The van der Waals surface area contributed by atoms with Crippen LogP contribution < -0.4 is 4.74 Å². The van der Waals surface area contributed by atoms with Gasteiger partial charge >= 0.3 is 0 Å². The van der Waals surface area contributed by atoms with Crippen LogP contribution in [-0.4, -0.2) is 41.0 Å². The zero-order valence-corrected chi connectivity index (χ0v) is 16.7. The second-order valence-corrected chi connectivity index (χ2v) is 6.94. The lowest BCUT2D eigenvalue weighted by Crippen LogP contribution is -2.36. The van der Waals surface area contributed by atoms with E-state index in [0.717, 1.165) is 23.4 Å². The molecule has 2 aromatic heterocycles. The van der Waals surface area contributed by atoms with Crippen molar-refractivity contribution in [3.05, 3.63) is 77.6 Å². The SMILES string of the molecule is COc1cccc(-c2ccc(C(=O)N(C)C(C)Cc3cc(C)ccn3)cc2)n1. The lowest BCUT2D eigenvalue weighted by molar-refractivity contribution is 0.0743. The van der Waals surface area contributed by atoms with Crippen LogP contribution in [0.4, 0.5) is 0 Å². The summed E-state index contributed by atoms with van der Waals surface area (Å²) >= 11 is 0. The lowest BCUT2D eigenvalue weighted by atomic mass is 10.1.